The molecule has 6 rings (SSSR count). The zero-order chi connectivity index (χ0) is 18.5. The van der Waals surface area contributed by atoms with Crippen LogP contribution in [0.25, 0.3) is 49.7 Å². The van der Waals surface area contributed by atoms with Gasteiger partial charge in [-0.15, -0.1) is 0 Å². The first-order chi connectivity index (χ1) is 13.9. The van der Waals surface area contributed by atoms with Crippen molar-refractivity contribution in [3.63, 3.8) is 0 Å². The van der Waals surface area contributed by atoms with Gasteiger partial charge in [0.1, 0.15) is 0 Å². The molecule has 6 aromatic rings. The molecule has 0 aliphatic carbocycles. The van der Waals surface area contributed by atoms with Crippen molar-refractivity contribution in [3.05, 3.63) is 103 Å². The zero-order valence-electron chi connectivity index (χ0n) is 15.3. The maximum atomic E-state index is 3.64. The summed E-state index contributed by atoms with van der Waals surface area (Å²) in [5.74, 6) is 0. The van der Waals surface area contributed by atoms with Crippen molar-refractivity contribution in [1.82, 2.24) is 9.38 Å². The minimum atomic E-state index is 1.18. The van der Waals surface area contributed by atoms with Crippen molar-refractivity contribution in [2.45, 2.75) is 0 Å². The summed E-state index contributed by atoms with van der Waals surface area (Å²) in [6.07, 6.45) is 2.16. The van der Waals surface area contributed by atoms with Crippen molar-refractivity contribution in [2.75, 3.05) is 0 Å². The number of rotatable bonds is 2. The van der Waals surface area contributed by atoms with Crippen LogP contribution >= 0.6 is 0 Å². The van der Waals surface area contributed by atoms with Crippen LogP contribution in [-0.4, -0.2) is 9.38 Å². The van der Waals surface area contributed by atoms with Gasteiger partial charge in [-0.1, -0.05) is 72.8 Å². The van der Waals surface area contributed by atoms with Crippen molar-refractivity contribution >= 4 is 27.3 Å². The quantitative estimate of drug-likeness (QED) is 0.347. The first-order valence-corrected chi connectivity index (χ1v) is 9.55. The van der Waals surface area contributed by atoms with Gasteiger partial charge in [0, 0.05) is 22.5 Å². The van der Waals surface area contributed by atoms with Crippen molar-refractivity contribution in [2.24, 2.45) is 0 Å². The molecule has 0 atom stereocenters. The Morgan fingerprint density at radius 3 is 2.29 bits per heavy atom. The number of pyridine rings is 1. The number of para-hydroxylation sites is 1. The van der Waals surface area contributed by atoms with E-state index in [-0.39, 0.29) is 0 Å². The predicted molar refractivity (Wildman–Crippen MR) is 118 cm³/mol. The van der Waals surface area contributed by atoms with Gasteiger partial charge < -0.3 is 9.38 Å². The van der Waals surface area contributed by atoms with E-state index in [2.05, 4.69) is 113 Å². The molecule has 0 aliphatic rings. The number of fused-ring (bicyclic) bond motifs is 5. The fourth-order valence-electron chi connectivity index (χ4n) is 4.30. The van der Waals surface area contributed by atoms with E-state index in [9.17, 15) is 0 Å². The molecule has 3 aromatic heterocycles. The molecule has 0 fully saturated rings. The molecule has 0 amide bonds. The monoisotopic (exact) mass is 358 g/mol. The minimum absolute atomic E-state index is 1.18. The Kier molecular flexibility index (Phi) is 3.20. The van der Waals surface area contributed by atoms with Crippen LogP contribution in [0.4, 0.5) is 0 Å². The van der Waals surface area contributed by atoms with E-state index < -0.39 is 0 Å². The van der Waals surface area contributed by atoms with Gasteiger partial charge in [0.05, 0.1) is 16.7 Å². The highest BCUT2D eigenvalue weighted by Crippen LogP contribution is 2.39. The number of aromatic nitrogens is 2. The number of benzene rings is 3. The minimum Gasteiger partial charge on any atom is -0.353 e. The summed E-state index contributed by atoms with van der Waals surface area (Å²) in [4.78, 5) is 3.64. The molecule has 3 aromatic carbocycles. The Balaban J connectivity index is 1.72. The predicted octanol–water partition coefficient (Wildman–Crippen LogP) is 6.91. The van der Waals surface area contributed by atoms with Gasteiger partial charge in [-0.25, -0.2) is 0 Å². The molecule has 28 heavy (non-hydrogen) atoms. The lowest BCUT2D eigenvalue weighted by atomic mass is 10.0. The van der Waals surface area contributed by atoms with Gasteiger partial charge >= 0.3 is 0 Å². The SMILES string of the molecule is c1ccc(-c2cccc(-c3c4c5ccccc5[nH]c4c4ccccn34)c2)cc1. The number of nitrogens with one attached hydrogen (secondary N) is 1. The third kappa shape index (κ3) is 2.15. The second kappa shape index (κ2) is 5.86. The second-order valence-corrected chi connectivity index (χ2v) is 7.17. The van der Waals surface area contributed by atoms with Crippen molar-refractivity contribution in [1.29, 1.82) is 0 Å². The van der Waals surface area contributed by atoms with E-state index in [1.165, 1.54) is 49.7 Å². The van der Waals surface area contributed by atoms with Crippen molar-refractivity contribution < 1.29 is 0 Å². The highest BCUT2D eigenvalue weighted by molar-refractivity contribution is 6.19. The largest absolute Gasteiger partial charge is 0.353 e. The highest BCUT2D eigenvalue weighted by Gasteiger charge is 2.18. The molecular formula is C26H18N2. The second-order valence-electron chi connectivity index (χ2n) is 7.17. The van der Waals surface area contributed by atoms with E-state index in [1.807, 2.05) is 0 Å². The Morgan fingerprint density at radius 2 is 1.36 bits per heavy atom. The maximum Gasteiger partial charge on any atom is 0.0731 e. The molecule has 0 aliphatic heterocycles. The van der Waals surface area contributed by atoms with Crippen LogP contribution in [0.15, 0.2) is 103 Å². The van der Waals surface area contributed by atoms with Crippen LogP contribution < -0.4 is 0 Å². The molecule has 0 bridgehead atoms. The van der Waals surface area contributed by atoms with E-state index >= 15 is 0 Å². The van der Waals surface area contributed by atoms with E-state index in [1.54, 1.807) is 0 Å². The summed E-state index contributed by atoms with van der Waals surface area (Å²) in [6.45, 7) is 0. The smallest absolute Gasteiger partial charge is 0.0731 e. The molecule has 0 saturated carbocycles. The lowest BCUT2D eigenvalue weighted by Gasteiger charge is -2.08. The Labute approximate surface area is 162 Å². The normalized spacial score (nSPS) is 11.6. The van der Waals surface area contributed by atoms with Crippen LogP contribution in [0, 0.1) is 0 Å². The topological polar surface area (TPSA) is 20.2 Å². The van der Waals surface area contributed by atoms with Crippen LogP contribution in [0.1, 0.15) is 0 Å². The average molecular weight is 358 g/mol. The highest BCUT2D eigenvalue weighted by atomic mass is 14.9. The summed E-state index contributed by atoms with van der Waals surface area (Å²) in [5, 5.41) is 2.55. The number of nitrogens with zero attached hydrogens (tertiary/aromatic N) is 1. The maximum absolute atomic E-state index is 3.64. The van der Waals surface area contributed by atoms with Crippen LogP contribution in [-0.2, 0) is 0 Å². The summed E-state index contributed by atoms with van der Waals surface area (Å²) >= 11 is 0. The first kappa shape index (κ1) is 15.3. The molecule has 0 radical (unpaired) electrons. The van der Waals surface area contributed by atoms with Gasteiger partial charge in [-0.2, -0.15) is 0 Å². The van der Waals surface area contributed by atoms with Gasteiger partial charge in [0.15, 0.2) is 0 Å². The summed E-state index contributed by atoms with van der Waals surface area (Å²) in [7, 11) is 0. The molecule has 1 N–H and O–H groups in total. The average Bonchev–Trinajstić information content (AvgIpc) is 3.29. The number of aromatic amines is 1. The van der Waals surface area contributed by atoms with Gasteiger partial charge in [0.2, 0.25) is 0 Å². The molecule has 2 heteroatoms. The van der Waals surface area contributed by atoms with E-state index in [0.29, 0.717) is 0 Å². The Hall–Kier alpha value is -3.78. The Bertz CT molecular complexity index is 1450. The standard InChI is InChI=1S/C26H18N2/c1-2-9-18(10-3-1)19-11-8-12-20(17-19)26-24-21-13-4-5-14-22(21)27-25(24)23-15-6-7-16-28(23)26/h1-17,27H. The number of H-pyrrole nitrogens is 1. The molecular weight excluding hydrogens is 340 g/mol. The van der Waals surface area contributed by atoms with Crippen molar-refractivity contribution in [3.8, 4) is 22.4 Å². The molecule has 2 nitrogen and oxygen atoms in total. The lowest BCUT2D eigenvalue weighted by Crippen LogP contribution is -1.89. The lowest BCUT2D eigenvalue weighted by molar-refractivity contribution is 1.21. The fraction of sp³-hybridized carbons (Fsp3) is 0. The third-order valence-electron chi connectivity index (χ3n) is 5.54. The summed E-state index contributed by atoms with van der Waals surface area (Å²) in [5.41, 5.74) is 8.51. The third-order valence-corrected chi connectivity index (χ3v) is 5.54. The Morgan fingerprint density at radius 1 is 0.607 bits per heavy atom. The molecule has 132 valence electrons. The first-order valence-electron chi connectivity index (χ1n) is 9.55. The van der Waals surface area contributed by atoms with Gasteiger partial charge in [-0.05, 0) is 41.0 Å². The zero-order valence-corrected chi connectivity index (χ0v) is 15.3. The number of hydrogen-bond acceptors (Lipinski definition) is 0. The fourth-order valence-corrected chi connectivity index (χ4v) is 4.30. The van der Waals surface area contributed by atoms with Gasteiger partial charge in [-0.3, -0.25) is 0 Å². The van der Waals surface area contributed by atoms with E-state index in [4.69, 9.17) is 0 Å². The van der Waals surface area contributed by atoms with Crippen LogP contribution in [0.3, 0.4) is 0 Å². The van der Waals surface area contributed by atoms with Crippen LogP contribution in [0.5, 0.6) is 0 Å². The molecule has 3 heterocycles. The molecule has 0 spiro atoms. The summed E-state index contributed by atoms with van der Waals surface area (Å²) in [6, 6.07) is 34.3. The van der Waals surface area contributed by atoms with Gasteiger partial charge in [0.25, 0.3) is 0 Å². The van der Waals surface area contributed by atoms with Crippen LogP contribution in [0.2, 0.25) is 0 Å². The van der Waals surface area contributed by atoms with E-state index in [0.717, 1.165) is 0 Å². The molecule has 0 saturated heterocycles. The number of hydrogen-bond donors (Lipinski definition) is 1. The molecule has 0 unspecified atom stereocenters. The summed E-state index contributed by atoms with van der Waals surface area (Å²) < 4.78 is 2.30.